The molecule has 3 amide bonds. The second-order valence-corrected chi connectivity index (χ2v) is 8.02. The number of nitrogens with zero attached hydrogens (tertiary/aromatic N) is 3. The third-order valence-electron chi connectivity index (χ3n) is 5.89. The van der Waals surface area contributed by atoms with Crippen molar-refractivity contribution < 1.29 is 28.2 Å². The number of carbonyl (C=O) groups excluding carboxylic acids is 3. The summed E-state index contributed by atoms with van der Waals surface area (Å²) >= 11 is 0. The number of imide groups is 1. The van der Waals surface area contributed by atoms with Crippen molar-refractivity contribution in [2.45, 2.75) is 18.1 Å². The highest BCUT2D eigenvalue weighted by molar-refractivity contribution is 6.04. The molecule has 0 spiro atoms. The number of halogens is 1. The lowest BCUT2D eigenvalue weighted by atomic mass is 9.91. The fourth-order valence-electron chi connectivity index (χ4n) is 4.19. The van der Waals surface area contributed by atoms with Crippen molar-refractivity contribution in [2.75, 3.05) is 6.61 Å². The summed E-state index contributed by atoms with van der Waals surface area (Å²) in [5.74, 6) is -0.996. The monoisotopic (exact) mass is 473 g/mol. The Balaban J connectivity index is 1.45. The second kappa shape index (κ2) is 9.38. The van der Waals surface area contributed by atoms with Crippen LogP contribution >= 0.6 is 0 Å². The van der Waals surface area contributed by atoms with Crippen LogP contribution < -0.4 is 4.74 Å². The number of rotatable bonds is 5. The zero-order valence-electron chi connectivity index (χ0n) is 18.4. The van der Waals surface area contributed by atoms with Crippen molar-refractivity contribution in [2.24, 2.45) is 0 Å². The van der Waals surface area contributed by atoms with Crippen LogP contribution in [0.1, 0.15) is 17.2 Å². The van der Waals surface area contributed by atoms with Crippen LogP contribution in [0.3, 0.4) is 0 Å². The van der Waals surface area contributed by atoms with Gasteiger partial charge in [-0.2, -0.15) is 0 Å². The highest BCUT2D eigenvalue weighted by atomic mass is 19.1. The van der Waals surface area contributed by atoms with Crippen LogP contribution in [0.15, 0.2) is 85.2 Å². The van der Waals surface area contributed by atoms with Gasteiger partial charge in [0.2, 0.25) is 0 Å². The summed E-state index contributed by atoms with van der Waals surface area (Å²) in [6.45, 7) is 0.0890. The molecule has 0 bridgehead atoms. The van der Waals surface area contributed by atoms with Gasteiger partial charge in [0.1, 0.15) is 24.2 Å². The van der Waals surface area contributed by atoms with Crippen molar-refractivity contribution in [1.29, 1.82) is 0 Å². The van der Waals surface area contributed by atoms with Crippen LogP contribution in [0.5, 0.6) is 5.75 Å². The first kappa shape index (κ1) is 22.3. The minimum absolute atomic E-state index is 0.0883. The van der Waals surface area contributed by atoms with Crippen molar-refractivity contribution >= 4 is 24.2 Å². The van der Waals surface area contributed by atoms with E-state index in [0.29, 0.717) is 0 Å². The number of carbonyl (C=O) groups is 3. The number of aromatic nitrogens is 1. The van der Waals surface area contributed by atoms with Crippen LogP contribution in [0.25, 0.3) is 6.08 Å². The molecule has 5 rings (SSSR count). The number of amides is 3. The van der Waals surface area contributed by atoms with Gasteiger partial charge in [-0.1, -0.05) is 48.6 Å². The molecule has 2 fully saturated rings. The van der Waals surface area contributed by atoms with Gasteiger partial charge >= 0.3 is 12.2 Å². The molecule has 0 aliphatic carbocycles. The van der Waals surface area contributed by atoms with Crippen molar-refractivity contribution in [1.82, 2.24) is 14.8 Å². The summed E-state index contributed by atoms with van der Waals surface area (Å²) < 4.78 is 23.8. The van der Waals surface area contributed by atoms with E-state index in [2.05, 4.69) is 4.98 Å². The summed E-state index contributed by atoms with van der Waals surface area (Å²) in [7, 11) is 0. The molecular weight excluding hydrogens is 453 g/mol. The van der Waals surface area contributed by atoms with E-state index in [0.717, 1.165) is 28.2 Å². The van der Waals surface area contributed by atoms with E-state index in [1.165, 1.54) is 17.0 Å². The Labute approximate surface area is 200 Å². The topological polar surface area (TPSA) is 89.0 Å². The maximum absolute atomic E-state index is 13.2. The number of benzene rings is 2. The molecule has 2 aromatic carbocycles. The molecule has 1 aromatic heterocycles. The lowest BCUT2D eigenvalue weighted by Crippen LogP contribution is -2.72. The van der Waals surface area contributed by atoms with Crippen LogP contribution in [-0.4, -0.2) is 51.6 Å². The Kier molecular flexibility index (Phi) is 5.97. The van der Waals surface area contributed by atoms with Gasteiger partial charge in [0.15, 0.2) is 0 Å². The molecule has 2 saturated heterocycles. The third kappa shape index (κ3) is 4.35. The summed E-state index contributed by atoms with van der Waals surface area (Å²) in [5.41, 5.74) is 1.56. The van der Waals surface area contributed by atoms with E-state index < -0.39 is 42.0 Å². The largest absolute Gasteiger partial charge is 0.447 e. The molecule has 3 heterocycles. The first-order chi connectivity index (χ1) is 17.0. The first-order valence-corrected chi connectivity index (χ1v) is 10.9. The fourth-order valence-corrected chi connectivity index (χ4v) is 4.19. The van der Waals surface area contributed by atoms with E-state index in [9.17, 15) is 18.8 Å². The number of likely N-dealkylation sites (tertiary alicyclic amines) is 1. The van der Waals surface area contributed by atoms with Crippen molar-refractivity contribution in [3.63, 3.8) is 0 Å². The maximum atomic E-state index is 13.2. The van der Waals surface area contributed by atoms with Gasteiger partial charge in [-0.05, 0) is 41.5 Å². The van der Waals surface area contributed by atoms with Gasteiger partial charge in [-0.25, -0.2) is 18.9 Å². The molecule has 2 aliphatic heterocycles. The summed E-state index contributed by atoms with van der Waals surface area (Å²) in [6, 6.07) is 15.4. The van der Waals surface area contributed by atoms with E-state index in [4.69, 9.17) is 9.47 Å². The molecule has 2 unspecified atom stereocenters. The summed E-state index contributed by atoms with van der Waals surface area (Å²) in [5, 5.41) is 0. The van der Waals surface area contributed by atoms with Crippen molar-refractivity contribution in [3.8, 4) is 5.75 Å². The van der Waals surface area contributed by atoms with E-state index in [-0.39, 0.29) is 12.4 Å². The normalized spacial score (nSPS) is 21.7. The predicted octanol–water partition coefficient (Wildman–Crippen LogP) is 4.21. The van der Waals surface area contributed by atoms with Gasteiger partial charge in [-0.15, -0.1) is 0 Å². The zero-order valence-corrected chi connectivity index (χ0v) is 18.4. The van der Waals surface area contributed by atoms with Gasteiger partial charge in [0, 0.05) is 12.4 Å². The molecular formula is C26H20FN3O5. The fraction of sp³-hybridized carbons (Fsp3) is 0.154. The molecule has 3 aromatic rings. The van der Waals surface area contributed by atoms with Crippen LogP contribution in [-0.2, 0) is 9.53 Å². The number of pyridine rings is 1. The molecule has 0 radical (unpaired) electrons. The van der Waals surface area contributed by atoms with E-state index in [1.54, 1.807) is 30.6 Å². The molecule has 8 nitrogen and oxygen atoms in total. The Morgan fingerprint density at radius 3 is 2.54 bits per heavy atom. The van der Waals surface area contributed by atoms with Crippen molar-refractivity contribution in [3.05, 3.63) is 102 Å². The lowest BCUT2D eigenvalue weighted by molar-refractivity contribution is -0.150. The lowest BCUT2D eigenvalue weighted by Gasteiger charge is -2.47. The molecule has 9 heteroatoms. The zero-order chi connectivity index (χ0) is 24.4. The minimum atomic E-state index is -0.969. The number of hydrogen-bond donors (Lipinski definition) is 0. The first-order valence-electron chi connectivity index (χ1n) is 10.9. The third-order valence-corrected chi connectivity index (χ3v) is 5.89. The van der Waals surface area contributed by atoms with Crippen LogP contribution in [0, 0.1) is 5.82 Å². The average molecular weight is 473 g/mol. The quantitative estimate of drug-likeness (QED) is 0.516. The second-order valence-electron chi connectivity index (χ2n) is 8.02. The standard InChI is InChI=1S/C26H20FN3O5/c27-19-9-11-20(12-10-19)35-26(33)30-21(13-8-17-5-4-14-28-15-17)23(24(30)31)29-22(16-34-25(29)32)18-6-2-1-3-7-18/h1-15,21-23H,16H2/b13-8+/t21?,22-,23?/m1/s1. The molecule has 35 heavy (non-hydrogen) atoms. The summed E-state index contributed by atoms with van der Waals surface area (Å²) in [6.07, 6.45) is 5.07. The van der Waals surface area contributed by atoms with E-state index in [1.807, 2.05) is 36.4 Å². The SMILES string of the molecule is O=C(Oc1ccc(F)cc1)N1C(=O)C(N2C(=O)OC[C@@H]2c2ccccc2)C1/C=C/c1cccnc1. The number of cyclic esters (lactones) is 1. The number of β-lactam (4-membered cyclic amide) rings is 1. The Bertz CT molecular complexity index is 1270. The number of ether oxygens (including phenoxy) is 2. The predicted molar refractivity (Wildman–Crippen MR) is 122 cm³/mol. The maximum Gasteiger partial charge on any atom is 0.422 e. The minimum Gasteiger partial charge on any atom is -0.447 e. The Morgan fingerprint density at radius 2 is 1.83 bits per heavy atom. The van der Waals surface area contributed by atoms with E-state index >= 15 is 0 Å². The molecule has 176 valence electrons. The van der Waals surface area contributed by atoms with Gasteiger partial charge in [-0.3, -0.25) is 14.7 Å². The Hall–Kier alpha value is -4.53. The van der Waals surface area contributed by atoms with Crippen LogP contribution in [0.4, 0.5) is 14.0 Å². The Morgan fingerprint density at radius 1 is 1.06 bits per heavy atom. The number of hydrogen-bond acceptors (Lipinski definition) is 6. The average Bonchev–Trinajstić information content (AvgIpc) is 3.24. The molecule has 2 aliphatic rings. The van der Waals surface area contributed by atoms with Crippen LogP contribution in [0.2, 0.25) is 0 Å². The molecule has 0 saturated carbocycles. The summed E-state index contributed by atoms with van der Waals surface area (Å²) in [4.78, 5) is 45.2. The highest BCUT2D eigenvalue weighted by Gasteiger charge is 2.58. The van der Waals surface area contributed by atoms with Gasteiger partial charge < -0.3 is 9.47 Å². The van der Waals surface area contributed by atoms with Gasteiger partial charge in [0.25, 0.3) is 5.91 Å². The molecule has 3 atom stereocenters. The smallest absolute Gasteiger partial charge is 0.422 e. The highest BCUT2D eigenvalue weighted by Crippen LogP contribution is 2.37. The molecule has 0 N–H and O–H groups in total. The van der Waals surface area contributed by atoms with Gasteiger partial charge in [0.05, 0.1) is 12.1 Å².